The van der Waals surface area contributed by atoms with Crippen molar-refractivity contribution in [3.63, 3.8) is 0 Å². The quantitative estimate of drug-likeness (QED) is 0.731. The third-order valence-electron chi connectivity index (χ3n) is 3.56. The van der Waals surface area contributed by atoms with Gasteiger partial charge >= 0.3 is 0 Å². The average molecular weight is 318 g/mol. The van der Waals surface area contributed by atoms with Crippen molar-refractivity contribution in [2.45, 2.75) is 18.6 Å². The number of benzene rings is 2. The molecule has 2 aromatic carbocycles. The van der Waals surface area contributed by atoms with Gasteiger partial charge in [-0.25, -0.2) is 0 Å². The van der Waals surface area contributed by atoms with E-state index in [4.69, 9.17) is 14.2 Å². The highest BCUT2D eigenvalue weighted by Gasteiger charge is 2.20. The molecule has 0 aliphatic carbocycles. The van der Waals surface area contributed by atoms with Gasteiger partial charge in [0.2, 0.25) is 0 Å². The Hall–Kier alpha value is -2.08. The lowest BCUT2D eigenvalue weighted by Gasteiger charge is -2.20. The van der Waals surface area contributed by atoms with Crippen molar-refractivity contribution in [1.82, 2.24) is 0 Å². The number of hydrogen-bond acceptors (Lipinski definition) is 5. The Kier molecular flexibility index (Phi) is 6.40. The van der Waals surface area contributed by atoms with Crippen LogP contribution in [0.25, 0.3) is 0 Å². The molecule has 2 N–H and O–H groups in total. The number of ether oxygens (including phenoxy) is 3. The molecule has 2 rings (SSSR count). The average Bonchev–Trinajstić information content (AvgIpc) is 2.60. The van der Waals surface area contributed by atoms with Gasteiger partial charge in [-0.05, 0) is 29.3 Å². The minimum atomic E-state index is -0.989. The predicted octanol–water partition coefficient (Wildman–Crippen LogP) is 2.31. The van der Waals surface area contributed by atoms with Crippen LogP contribution in [0.2, 0.25) is 0 Å². The summed E-state index contributed by atoms with van der Waals surface area (Å²) in [7, 11) is 3.13. The van der Waals surface area contributed by atoms with E-state index in [1.807, 2.05) is 18.2 Å². The van der Waals surface area contributed by atoms with Gasteiger partial charge in [-0.3, -0.25) is 0 Å². The Labute approximate surface area is 136 Å². The molecule has 0 bridgehead atoms. The molecule has 0 heterocycles. The number of para-hydroxylation sites is 1. The smallest absolute Gasteiger partial charge is 0.188 e. The molecule has 5 heteroatoms. The maximum Gasteiger partial charge on any atom is 0.188 e. The van der Waals surface area contributed by atoms with E-state index in [-0.39, 0.29) is 13.2 Å². The first-order valence-electron chi connectivity index (χ1n) is 7.35. The van der Waals surface area contributed by atoms with Gasteiger partial charge in [0.05, 0.1) is 13.2 Å². The predicted molar refractivity (Wildman–Crippen MR) is 86.6 cm³/mol. The van der Waals surface area contributed by atoms with Crippen molar-refractivity contribution in [3.05, 3.63) is 59.7 Å². The van der Waals surface area contributed by atoms with Crippen LogP contribution in [0.15, 0.2) is 48.5 Å². The highest BCUT2D eigenvalue weighted by Crippen LogP contribution is 2.25. The second-order valence-corrected chi connectivity index (χ2v) is 5.15. The summed E-state index contributed by atoms with van der Waals surface area (Å²) in [6.07, 6.45) is -1.67. The van der Waals surface area contributed by atoms with Crippen molar-refractivity contribution in [2.24, 2.45) is 0 Å². The fraction of sp³-hybridized carbons (Fsp3) is 0.333. The molecule has 0 aliphatic rings. The number of rotatable bonds is 8. The maximum atomic E-state index is 10.3. The Morgan fingerprint density at radius 3 is 2.30 bits per heavy atom. The van der Waals surface area contributed by atoms with Crippen LogP contribution < -0.4 is 9.47 Å². The zero-order valence-electron chi connectivity index (χ0n) is 13.3. The summed E-state index contributed by atoms with van der Waals surface area (Å²) in [6.45, 7) is 0.133. The van der Waals surface area contributed by atoms with Crippen LogP contribution in [0.3, 0.4) is 0 Å². The number of aliphatic hydroxyl groups excluding tert-OH is 2. The molecule has 2 atom stereocenters. The van der Waals surface area contributed by atoms with Gasteiger partial charge in [-0.2, -0.15) is 0 Å². The zero-order chi connectivity index (χ0) is 16.7. The molecule has 0 amide bonds. The van der Waals surface area contributed by atoms with Gasteiger partial charge in [0.1, 0.15) is 17.6 Å². The third kappa shape index (κ3) is 4.69. The Morgan fingerprint density at radius 1 is 0.957 bits per heavy atom. The molecule has 0 unspecified atom stereocenters. The van der Waals surface area contributed by atoms with E-state index in [0.29, 0.717) is 17.1 Å². The van der Waals surface area contributed by atoms with Crippen molar-refractivity contribution in [2.75, 3.05) is 21.0 Å². The van der Waals surface area contributed by atoms with Crippen LogP contribution in [0.5, 0.6) is 11.5 Å². The van der Waals surface area contributed by atoms with Crippen LogP contribution in [-0.4, -0.2) is 37.3 Å². The fourth-order valence-corrected chi connectivity index (χ4v) is 2.30. The van der Waals surface area contributed by atoms with Gasteiger partial charge in [-0.1, -0.05) is 30.3 Å². The largest absolute Gasteiger partial charge is 0.497 e. The first-order valence-corrected chi connectivity index (χ1v) is 7.35. The molecule has 0 radical (unpaired) electrons. The highest BCUT2D eigenvalue weighted by molar-refractivity contribution is 5.34. The Balaban J connectivity index is 2.06. The first-order chi connectivity index (χ1) is 11.2. The first kappa shape index (κ1) is 17.3. The Morgan fingerprint density at radius 2 is 1.65 bits per heavy atom. The Bertz CT molecular complexity index is 597. The second-order valence-electron chi connectivity index (χ2n) is 5.15. The summed E-state index contributed by atoms with van der Waals surface area (Å²) in [5.74, 6) is 1.34. The molecule has 0 aromatic heterocycles. The summed E-state index contributed by atoms with van der Waals surface area (Å²) in [4.78, 5) is 0. The SMILES string of the molecule is COCOc1ccccc1C[C@H](O)[C@@H](O)c1ccc(OC)cc1. The minimum absolute atomic E-state index is 0.133. The van der Waals surface area contributed by atoms with E-state index in [0.717, 1.165) is 5.56 Å². The zero-order valence-corrected chi connectivity index (χ0v) is 13.3. The highest BCUT2D eigenvalue weighted by atomic mass is 16.7. The van der Waals surface area contributed by atoms with Crippen molar-refractivity contribution in [3.8, 4) is 11.5 Å². The normalized spacial score (nSPS) is 13.4. The van der Waals surface area contributed by atoms with E-state index in [1.54, 1.807) is 44.6 Å². The molecule has 124 valence electrons. The van der Waals surface area contributed by atoms with Crippen LogP contribution in [-0.2, 0) is 11.2 Å². The lowest BCUT2D eigenvalue weighted by Crippen LogP contribution is -2.21. The molecule has 0 spiro atoms. The summed E-state index contributed by atoms with van der Waals surface area (Å²) >= 11 is 0. The number of methoxy groups -OCH3 is 2. The van der Waals surface area contributed by atoms with Crippen molar-refractivity contribution in [1.29, 1.82) is 0 Å². The molecule has 23 heavy (non-hydrogen) atoms. The van der Waals surface area contributed by atoms with E-state index >= 15 is 0 Å². The lowest BCUT2D eigenvalue weighted by atomic mass is 9.98. The van der Waals surface area contributed by atoms with E-state index in [1.165, 1.54) is 0 Å². The van der Waals surface area contributed by atoms with E-state index < -0.39 is 12.2 Å². The maximum absolute atomic E-state index is 10.3. The van der Waals surface area contributed by atoms with Crippen LogP contribution in [0, 0.1) is 0 Å². The summed E-state index contributed by atoms with van der Waals surface area (Å²) in [5.41, 5.74) is 1.44. The van der Waals surface area contributed by atoms with Gasteiger partial charge in [0.15, 0.2) is 6.79 Å². The van der Waals surface area contributed by atoms with Crippen LogP contribution in [0.1, 0.15) is 17.2 Å². The summed E-state index contributed by atoms with van der Waals surface area (Å²) < 4.78 is 15.5. The lowest BCUT2D eigenvalue weighted by molar-refractivity contribution is 0.0171. The van der Waals surface area contributed by atoms with Gasteiger partial charge in [-0.15, -0.1) is 0 Å². The van der Waals surface area contributed by atoms with Gasteiger partial charge in [0.25, 0.3) is 0 Å². The third-order valence-corrected chi connectivity index (χ3v) is 3.56. The minimum Gasteiger partial charge on any atom is -0.497 e. The molecular weight excluding hydrogens is 296 g/mol. The van der Waals surface area contributed by atoms with Crippen LogP contribution >= 0.6 is 0 Å². The standard InChI is InChI=1S/C18H22O5/c1-21-12-23-17-6-4-3-5-14(17)11-16(19)18(20)13-7-9-15(22-2)10-8-13/h3-10,16,18-20H,11-12H2,1-2H3/t16-,18-/m0/s1. The fourth-order valence-electron chi connectivity index (χ4n) is 2.30. The van der Waals surface area contributed by atoms with Gasteiger partial charge in [0, 0.05) is 13.5 Å². The molecule has 0 fully saturated rings. The summed E-state index contributed by atoms with van der Waals surface area (Å²) in [6, 6.07) is 14.3. The van der Waals surface area contributed by atoms with Crippen LogP contribution in [0.4, 0.5) is 0 Å². The second kappa shape index (κ2) is 8.53. The summed E-state index contributed by atoms with van der Waals surface area (Å²) in [5, 5.41) is 20.7. The molecule has 5 nitrogen and oxygen atoms in total. The molecular formula is C18H22O5. The van der Waals surface area contributed by atoms with Crippen molar-refractivity contribution >= 4 is 0 Å². The number of aliphatic hydroxyl groups is 2. The number of hydrogen-bond donors (Lipinski definition) is 2. The molecule has 0 aliphatic heterocycles. The van der Waals surface area contributed by atoms with E-state index in [2.05, 4.69) is 0 Å². The molecule has 2 aromatic rings. The van der Waals surface area contributed by atoms with Crippen molar-refractivity contribution < 1.29 is 24.4 Å². The van der Waals surface area contributed by atoms with E-state index in [9.17, 15) is 10.2 Å². The topological polar surface area (TPSA) is 68.2 Å². The molecule has 0 saturated carbocycles. The monoisotopic (exact) mass is 318 g/mol. The molecule has 0 saturated heterocycles. The van der Waals surface area contributed by atoms with Gasteiger partial charge < -0.3 is 24.4 Å².